The molecule has 1 aromatic heterocycles. The maximum Gasteiger partial charge on any atom is 0.224 e. The molecule has 4 rings (SSSR count). The van der Waals surface area contributed by atoms with Crippen LogP contribution in [0.3, 0.4) is 0 Å². The number of hydrogen-bond acceptors (Lipinski definition) is 3. The van der Waals surface area contributed by atoms with Crippen LogP contribution in [0.1, 0.15) is 42.4 Å². The number of amides is 1. The quantitative estimate of drug-likeness (QED) is 0.891. The first kappa shape index (κ1) is 17.3. The molecule has 0 spiro atoms. The van der Waals surface area contributed by atoms with Crippen molar-refractivity contribution in [3.8, 4) is 0 Å². The van der Waals surface area contributed by atoms with E-state index in [0.29, 0.717) is 18.9 Å². The fourth-order valence-electron chi connectivity index (χ4n) is 4.22. The van der Waals surface area contributed by atoms with Crippen molar-refractivity contribution in [3.05, 3.63) is 35.1 Å². The van der Waals surface area contributed by atoms with Gasteiger partial charge in [0.1, 0.15) is 5.58 Å². The summed E-state index contributed by atoms with van der Waals surface area (Å²) in [5, 5.41) is 4.27. The summed E-state index contributed by atoms with van der Waals surface area (Å²) in [6, 6.07) is 4.62. The van der Waals surface area contributed by atoms with Crippen LogP contribution in [0.2, 0.25) is 0 Å². The van der Waals surface area contributed by atoms with Crippen molar-refractivity contribution in [2.24, 2.45) is 11.7 Å². The maximum absolute atomic E-state index is 12.4. The number of carbonyl (C=O) groups excluding carboxylic acids is 1. The minimum absolute atomic E-state index is 0. The van der Waals surface area contributed by atoms with E-state index >= 15 is 0 Å². The highest BCUT2D eigenvalue weighted by Gasteiger charge is 2.27. The van der Waals surface area contributed by atoms with Crippen LogP contribution in [0.5, 0.6) is 0 Å². The molecule has 0 bridgehead atoms. The Morgan fingerprint density at radius 1 is 1.21 bits per heavy atom. The second-order valence-electron chi connectivity index (χ2n) is 7.01. The monoisotopic (exact) mass is 348 g/mol. The number of hydrogen-bond donors (Lipinski definition) is 2. The van der Waals surface area contributed by atoms with Gasteiger partial charge in [0.25, 0.3) is 0 Å². The number of rotatable bonds is 4. The molecule has 1 fully saturated rings. The molecule has 2 aliphatic carbocycles. The van der Waals surface area contributed by atoms with Crippen LogP contribution in [-0.4, -0.2) is 18.5 Å². The topological polar surface area (TPSA) is 68.3 Å². The number of nitrogens with one attached hydrogen (secondary N) is 1. The Morgan fingerprint density at radius 2 is 2.00 bits per heavy atom. The number of furan rings is 1. The van der Waals surface area contributed by atoms with Gasteiger partial charge in [-0.1, -0.05) is 6.42 Å². The van der Waals surface area contributed by atoms with Gasteiger partial charge in [0.05, 0.1) is 12.7 Å². The minimum atomic E-state index is 0. The number of halogens is 1. The van der Waals surface area contributed by atoms with Gasteiger partial charge in [0.2, 0.25) is 5.91 Å². The number of benzene rings is 1. The fourth-order valence-corrected chi connectivity index (χ4v) is 4.22. The Balaban J connectivity index is 0.00000169. The predicted octanol–water partition coefficient (Wildman–Crippen LogP) is 3.13. The molecular weight excluding hydrogens is 324 g/mol. The lowest BCUT2D eigenvalue weighted by molar-refractivity contribution is -0.121. The molecule has 4 nitrogen and oxygen atoms in total. The summed E-state index contributed by atoms with van der Waals surface area (Å²) in [7, 11) is 0. The maximum atomic E-state index is 12.4. The Bertz CT molecular complexity index is 740. The molecule has 2 atom stereocenters. The lowest BCUT2D eigenvalue weighted by atomic mass is 10.0. The number of carbonyl (C=O) groups is 1. The molecule has 1 amide bonds. The molecule has 3 N–H and O–H groups in total. The van der Waals surface area contributed by atoms with Crippen LogP contribution in [0, 0.1) is 5.92 Å². The zero-order chi connectivity index (χ0) is 15.8. The van der Waals surface area contributed by atoms with Gasteiger partial charge in [-0.25, -0.2) is 0 Å². The highest BCUT2D eigenvalue weighted by atomic mass is 35.5. The second kappa shape index (κ2) is 7.16. The van der Waals surface area contributed by atoms with Crippen molar-refractivity contribution < 1.29 is 9.21 Å². The van der Waals surface area contributed by atoms with Gasteiger partial charge in [0, 0.05) is 17.0 Å². The van der Waals surface area contributed by atoms with E-state index in [2.05, 4.69) is 17.4 Å². The molecule has 1 saturated carbocycles. The smallest absolute Gasteiger partial charge is 0.224 e. The molecule has 0 saturated heterocycles. The van der Waals surface area contributed by atoms with Gasteiger partial charge in [-0.05, 0) is 67.8 Å². The Hall–Kier alpha value is -1.52. The van der Waals surface area contributed by atoms with Gasteiger partial charge in [-0.3, -0.25) is 4.79 Å². The van der Waals surface area contributed by atoms with Crippen LogP contribution in [0.25, 0.3) is 11.0 Å². The summed E-state index contributed by atoms with van der Waals surface area (Å²) >= 11 is 0. The van der Waals surface area contributed by atoms with E-state index < -0.39 is 0 Å². The summed E-state index contributed by atoms with van der Waals surface area (Å²) in [6.07, 6.45) is 8.98. The Labute approximate surface area is 148 Å². The Kier molecular flexibility index (Phi) is 5.16. The summed E-state index contributed by atoms with van der Waals surface area (Å²) < 4.78 is 5.69. The summed E-state index contributed by atoms with van der Waals surface area (Å²) in [4.78, 5) is 12.4. The molecule has 130 valence electrons. The second-order valence-corrected chi connectivity index (χ2v) is 7.01. The van der Waals surface area contributed by atoms with Gasteiger partial charge in [-0.15, -0.1) is 12.4 Å². The van der Waals surface area contributed by atoms with E-state index in [1.165, 1.54) is 17.5 Å². The SMILES string of the molecule is Cl.NCC1CCCC1NC(=O)Cc1coc2cc3c(cc12)CCC3. The average molecular weight is 349 g/mol. The first-order chi connectivity index (χ1) is 11.2. The zero-order valence-corrected chi connectivity index (χ0v) is 14.7. The molecule has 24 heavy (non-hydrogen) atoms. The molecule has 0 radical (unpaired) electrons. The van der Waals surface area contributed by atoms with Gasteiger partial charge in [0.15, 0.2) is 0 Å². The molecule has 1 aromatic carbocycles. The fraction of sp³-hybridized carbons (Fsp3) is 0.526. The van der Waals surface area contributed by atoms with E-state index in [4.69, 9.17) is 10.2 Å². The first-order valence-corrected chi connectivity index (χ1v) is 8.76. The predicted molar refractivity (Wildman–Crippen MR) is 97.5 cm³/mol. The third-order valence-corrected chi connectivity index (χ3v) is 5.53. The van der Waals surface area contributed by atoms with E-state index in [-0.39, 0.29) is 24.4 Å². The number of aryl methyl sites for hydroxylation is 2. The van der Waals surface area contributed by atoms with Crippen LogP contribution in [0.4, 0.5) is 0 Å². The van der Waals surface area contributed by atoms with Crippen molar-refractivity contribution >= 4 is 29.3 Å². The molecule has 2 aromatic rings. The number of nitrogens with two attached hydrogens (primary N) is 1. The summed E-state index contributed by atoms with van der Waals surface area (Å²) in [5.41, 5.74) is 10.5. The van der Waals surface area contributed by atoms with Crippen LogP contribution in [0.15, 0.2) is 22.8 Å². The molecule has 1 heterocycles. The lowest BCUT2D eigenvalue weighted by Crippen LogP contribution is -2.40. The first-order valence-electron chi connectivity index (χ1n) is 8.76. The molecule has 5 heteroatoms. The van der Waals surface area contributed by atoms with Crippen LogP contribution in [-0.2, 0) is 24.1 Å². The third-order valence-electron chi connectivity index (χ3n) is 5.53. The standard InChI is InChI=1S/C19H24N2O2.ClH/c20-10-14-5-2-6-17(14)21-19(22)9-15-11-23-18-8-13-4-1-3-12(13)7-16(15)18;/h7-8,11,14,17H,1-6,9-10,20H2,(H,21,22);1H. The van der Waals surface area contributed by atoms with Gasteiger partial charge >= 0.3 is 0 Å². The summed E-state index contributed by atoms with van der Waals surface area (Å²) in [5.74, 6) is 0.516. The van der Waals surface area contributed by atoms with Crippen molar-refractivity contribution in [1.82, 2.24) is 5.32 Å². The van der Waals surface area contributed by atoms with Crippen molar-refractivity contribution in [2.75, 3.05) is 6.54 Å². The molecular formula is C19H25ClN2O2. The van der Waals surface area contributed by atoms with E-state index in [1.807, 2.05) is 0 Å². The van der Waals surface area contributed by atoms with Crippen molar-refractivity contribution in [3.63, 3.8) is 0 Å². The van der Waals surface area contributed by atoms with Crippen LogP contribution >= 0.6 is 12.4 Å². The van der Waals surface area contributed by atoms with E-state index in [1.54, 1.807) is 6.26 Å². The highest BCUT2D eigenvalue weighted by molar-refractivity contribution is 5.88. The minimum Gasteiger partial charge on any atom is -0.464 e. The lowest BCUT2D eigenvalue weighted by Gasteiger charge is -2.19. The van der Waals surface area contributed by atoms with Crippen molar-refractivity contribution in [1.29, 1.82) is 0 Å². The summed E-state index contributed by atoms with van der Waals surface area (Å²) in [6.45, 7) is 0.658. The number of fused-ring (bicyclic) bond motifs is 2. The van der Waals surface area contributed by atoms with Gasteiger partial charge < -0.3 is 15.5 Å². The average Bonchev–Trinajstić information content (AvgIpc) is 3.25. The molecule has 0 aliphatic heterocycles. The largest absolute Gasteiger partial charge is 0.464 e. The van der Waals surface area contributed by atoms with E-state index in [9.17, 15) is 4.79 Å². The zero-order valence-electron chi connectivity index (χ0n) is 13.8. The Morgan fingerprint density at radius 3 is 2.79 bits per heavy atom. The highest BCUT2D eigenvalue weighted by Crippen LogP contribution is 2.31. The normalized spacial score (nSPS) is 22.4. The van der Waals surface area contributed by atoms with E-state index in [0.717, 1.165) is 48.6 Å². The third kappa shape index (κ3) is 3.17. The van der Waals surface area contributed by atoms with Crippen LogP contribution < -0.4 is 11.1 Å². The molecule has 2 unspecified atom stereocenters. The van der Waals surface area contributed by atoms with Gasteiger partial charge in [-0.2, -0.15) is 0 Å². The van der Waals surface area contributed by atoms with Crippen molar-refractivity contribution in [2.45, 2.75) is 51.0 Å². The molecule has 2 aliphatic rings.